The van der Waals surface area contributed by atoms with E-state index in [0.717, 1.165) is 0 Å². The largest absolute Gasteiger partial charge is 0.341 e. The lowest BCUT2D eigenvalue weighted by Crippen LogP contribution is -2.33. The first-order valence-corrected chi connectivity index (χ1v) is 5.79. The lowest BCUT2D eigenvalue weighted by molar-refractivity contribution is -0.130. The molecule has 1 aromatic carbocycles. The zero-order valence-corrected chi connectivity index (χ0v) is 10.0. The Morgan fingerprint density at radius 2 is 2.25 bits per heavy atom. The highest BCUT2D eigenvalue weighted by molar-refractivity contribution is 6.18. The number of halogens is 2. The fourth-order valence-corrected chi connectivity index (χ4v) is 1.70. The van der Waals surface area contributed by atoms with Crippen molar-refractivity contribution in [2.75, 3.05) is 19.0 Å². The first-order valence-electron chi connectivity index (χ1n) is 5.25. The highest BCUT2D eigenvalue weighted by Crippen LogP contribution is 2.06. The lowest BCUT2D eigenvalue weighted by atomic mass is 10.1. The minimum atomic E-state index is -0.314. The van der Waals surface area contributed by atoms with Gasteiger partial charge in [-0.15, -0.1) is 11.6 Å². The Morgan fingerprint density at radius 1 is 1.50 bits per heavy atom. The van der Waals surface area contributed by atoms with Crippen LogP contribution in [0.15, 0.2) is 24.3 Å². The van der Waals surface area contributed by atoms with Gasteiger partial charge in [0.05, 0.1) is 6.42 Å². The fourth-order valence-electron chi connectivity index (χ4n) is 1.49. The summed E-state index contributed by atoms with van der Waals surface area (Å²) in [6.45, 7) is 3.06. The van der Waals surface area contributed by atoms with Gasteiger partial charge in [-0.1, -0.05) is 12.1 Å². The predicted molar refractivity (Wildman–Crippen MR) is 63.1 cm³/mol. The van der Waals surface area contributed by atoms with Gasteiger partial charge in [-0.25, -0.2) is 4.39 Å². The summed E-state index contributed by atoms with van der Waals surface area (Å²) in [5.41, 5.74) is 0.693. The van der Waals surface area contributed by atoms with Crippen molar-refractivity contribution in [2.45, 2.75) is 13.3 Å². The summed E-state index contributed by atoms with van der Waals surface area (Å²) < 4.78 is 12.9. The number of likely N-dealkylation sites (N-methyl/N-ethyl adjacent to an activating group) is 1. The molecule has 0 saturated carbocycles. The number of alkyl halides is 1. The minimum absolute atomic E-state index is 0.0197. The Labute approximate surface area is 100 Å². The molecule has 0 spiro atoms. The van der Waals surface area contributed by atoms with Crippen LogP contribution in [0.25, 0.3) is 0 Å². The van der Waals surface area contributed by atoms with Crippen LogP contribution in [0.4, 0.5) is 4.39 Å². The standard InChI is InChI=1S/C12H15ClFNO/c1-2-15(7-6-13)12(16)9-10-4-3-5-11(14)8-10/h3-5,8H,2,6-7,9H2,1H3. The summed E-state index contributed by atoms with van der Waals surface area (Å²) in [6, 6.07) is 6.10. The number of amides is 1. The Kier molecular flexibility index (Phi) is 5.26. The maximum atomic E-state index is 12.9. The smallest absolute Gasteiger partial charge is 0.227 e. The molecule has 2 nitrogen and oxygen atoms in total. The molecule has 0 aliphatic heterocycles. The molecule has 0 aliphatic carbocycles. The van der Waals surface area contributed by atoms with Gasteiger partial charge in [-0.3, -0.25) is 4.79 Å². The summed E-state index contributed by atoms with van der Waals surface area (Å²) in [7, 11) is 0. The van der Waals surface area contributed by atoms with E-state index in [1.165, 1.54) is 12.1 Å². The number of rotatable bonds is 5. The van der Waals surface area contributed by atoms with Gasteiger partial charge >= 0.3 is 0 Å². The molecule has 0 radical (unpaired) electrons. The number of hydrogen-bond acceptors (Lipinski definition) is 1. The quantitative estimate of drug-likeness (QED) is 0.728. The van der Waals surface area contributed by atoms with E-state index in [1.54, 1.807) is 17.0 Å². The molecular weight excluding hydrogens is 229 g/mol. The van der Waals surface area contributed by atoms with Crippen LogP contribution in [-0.4, -0.2) is 29.8 Å². The van der Waals surface area contributed by atoms with Crippen LogP contribution in [0.5, 0.6) is 0 Å². The van der Waals surface area contributed by atoms with Crippen LogP contribution >= 0.6 is 11.6 Å². The Bertz CT molecular complexity index is 357. The van der Waals surface area contributed by atoms with Gasteiger partial charge in [0.1, 0.15) is 5.82 Å². The normalized spacial score (nSPS) is 10.2. The van der Waals surface area contributed by atoms with Crippen molar-refractivity contribution in [1.29, 1.82) is 0 Å². The molecule has 0 atom stereocenters. The molecule has 1 amide bonds. The van der Waals surface area contributed by atoms with Gasteiger partial charge < -0.3 is 4.90 Å². The third kappa shape index (κ3) is 3.81. The summed E-state index contributed by atoms with van der Waals surface area (Å²) in [5, 5.41) is 0. The zero-order valence-electron chi connectivity index (χ0n) is 9.25. The third-order valence-corrected chi connectivity index (χ3v) is 2.50. The number of hydrogen-bond donors (Lipinski definition) is 0. The van der Waals surface area contributed by atoms with E-state index < -0.39 is 0 Å². The average Bonchev–Trinajstić information content (AvgIpc) is 2.25. The van der Waals surface area contributed by atoms with Crippen molar-refractivity contribution in [2.24, 2.45) is 0 Å². The molecule has 0 bridgehead atoms. The van der Waals surface area contributed by atoms with Gasteiger partial charge in [0.2, 0.25) is 5.91 Å². The summed E-state index contributed by atoms with van der Waals surface area (Å²) in [5.74, 6) is 0.0855. The molecule has 16 heavy (non-hydrogen) atoms. The van der Waals surface area contributed by atoms with Crippen LogP contribution in [0.3, 0.4) is 0 Å². The van der Waals surface area contributed by atoms with Gasteiger partial charge in [0.25, 0.3) is 0 Å². The number of benzene rings is 1. The second-order valence-electron chi connectivity index (χ2n) is 3.47. The van der Waals surface area contributed by atoms with Crippen LogP contribution in [-0.2, 0) is 11.2 Å². The number of nitrogens with zero attached hydrogens (tertiary/aromatic N) is 1. The van der Waals surface area contributed by atoms with Crippen molar-refractivity contribution in [3.63, 3.8) is 0 Å². The highest BCUT2D eigenvalue weighted by atomic mass is 35.5. The Morgan fingerprint density at radius 3 is 2.81 bits per heavy atom. The van der Waals surface area contributed by atoms with Crippen molar-refractivity contribution >= 4 is 17.5 Å². The molecule has 0 N–H and O–H groups in total. The zero-order chi connectivity index (χ0) is 12.0. The fraction of sp³-hybridized carbons (Fsp3) is 0.417. The Hall–Kier alpha value is -1.09. The molecular formula is C12H15ClFNO. The first-order chi connectivity index (χ1) is 7.67. The Balaban J connectivity index is 2.62. The summed E-state index contributed by atoms with van der Waals surface area (Å²) in [4.78, 5) is 13.5. The molecule has 0 saturated heterocycles. The van der Waals surface area contributed by atoms with Crippen molar-refractivity contribution < 1.29 is 9.18 Å². The maximum absolute atomic E-state index is 12.9. The van der Waals surface area contributed by atoms with E-state index in [0.29, 0.717) is 24.5 Å². The molecule has 0 aliphatic rings. The van der Waals surface area contributed by atoms with Crippen molar-refractivity contribution in [3.05, 3.63) is 35.6 Å². The van der Waals surface area contributed by atoms with Gasteiger partial charge in [-0.05, 0) is 24.6 Å². The van der Waals surface area contributed by atoms with E-state index in [4.69, 9.17) is 11.6 Å². The van der Waals surface area contributed by atoms with Crippen LogP contribution < -0.4 is 0 Å². The van der Waals surface area contributed by atoms with Crippen LogP contribution in [0.2, 0.25) is 0 Å². The molecule has 4 heteroatoms. The molecule has 88 valence electrons. The van der Waals surface area contributed by atoms with Gasteiger partial charge in [-0.2, -0.15) is 0 Å². The van der Waals surface area contributed by atoms with E-state index in [9.17, 15) is 9.18 Å². The summed E-state index contributed by atoms with van der Waals surface area (Å²) >= 11 is 5.59. The topological polar surface area (TPSA) is 20.3 Å². The lowest BCUT2D eigenvalue weighted by Gasteiger charge is -2.19. The summed E-state index contributed by atoms with van der Waals surface area (Å²) in [6.07, 6.45) is 0.225. The van der Waals surface area contributed by atoms with E-state index in [1.807, 2.05) is 6.92 Å². The highest BCUT2D eigenvalue weighted by Gasteiger charge is 2.11. The van der Waals surface area contributed by atoms with Gasteiger partial charge in [0, 0.05) is 19.0 Å². The second-order valence-corrected chi connectivity index (χ2v) is 3.85. The second kappa shape index (κ2) is 6.48. The van der Waals surface area contributed by atoms with E-state index >= 15 is 0 Å². The van der Waals surface area contributed by atoms with Crippen molar-refractivity contribution in [3.8, 4) is 0 Å². The van der Waals surface area contributed by atoms with E-state index in [-0.39, 0.29) is 18.1 Å². The number of carbonyl (C=O) groups is 1. The van der Waals surface area contributed by atoms with Crippen molar-refractivity contribution in [1.82, 2.24) is 4.90 Å². The molecule has 0 heterocycles. The van der Waals surface area contributed by atoms with Crippen LogP contribution in [0, 0.1) is 5.82 Å². The monoisotopic (exact) mass is 243 g/mol. The minimum Gasteiger partial charge on any atom is -0.341 e. The third-order valence-electron chi connectivity index (χ3n) is 2.33. The predicted octanol–water partition coefficient (Wildman–Crippen LogP) is 2.46. The average molecular weight is 244 g/mol. The molecule has 0 unspecified atom stereocenters. The molecule has 0 aromatic heterocycles. The van der Waals surface area contributed by atoms with Crippen LogP contribution in [0.1, 0.15) is 12.5 Å². The molecule has 1 rings (SSSR count). The molecule has 0 fully saturated rings. The first kappa shape index (κ1) is 13.0. The van der Waals surface area contributed by atoms with Gasteiger partial charge in [0.15, 0.2) is 0 Å². The van der Waals surface area contributed by atoms with E-state index in [2.05, 4.69) is 0 Å². The maximum Gasteiger partial charge on any atom is 0.227 e. The number of carbonyl (C=O) groups excluding carboxylic acids is 1. The SMILES string of the molecule is CCN(CCCl)C(=O)Cc1cccc(F)c1. The molecule has 1 aromatic rings.